The van der Waals surface area contributed by atoms with E-state index in [0.29, 0.717) is 36.4 Å². The molecule has 0 aromatic heterocycles. The number of hydrogen-bond acceptors (Lipinski definition) is 7. The zero-order chi connectivity index (χ0) is 41.2. The van der Waals surface area contributed by atoms with E-state index in [0.717, 1.165) is 75.6 Å². The van der Waals surface area contributed by atoms with E-state index in [1.165, 1.54) is 5.57 Å². The lowest BCUT2D eigenvalue weighted by Gasteiger charge is -2.72. The van der Waals surface area contributed by atoms with Gasteiger partial charge in [0.1, 0.15) is 6.10 Å². The molecule has 0 spiro atoms. The van der Waals surface area contributed by atoms with Crippen molar-refractivity contribution in [2.75, 3.05) is 33.7 Å². The van der Waals surface area contributed by atoms with Gasteiger partial charge in [-0.1, -0.05) is 84.7 Å². The molecule has 9 heteroatoms. The van der Waals surface area contributed by atoms with Crippen LogP contribution < -0.4 is 0 Å². The number of rotatable bonds is 13. The number of aliphatic hydroxyl groups is 1. The molecule has 4 saturated carbocycles. The molecule has 5 aliphatic rings. The van der Waals surface area contributed by atoms with Crippen LogP contribution in [0, 0.1) is 56.7 Å². The van der Waals surface area contributed by atoms with Crippen molar-refractivity contribution in [3.63, 3.8) is 0 Å². The fraction of sp³-hybridized carbons (Fsp3) is 0.766. The van der Waals surface area contributed by atoms with Crippen LogP contribution in [0.15, 0.2) is 35.4 Å². The summed E-state index contributed by atoms with van der Waals surface area (Å²) < 4.78 is 6.13. The summed E-state index contributed by atoms with van der Waals surface area (Å²) in [6, 6.07) is 8.00. The molecule has 10 atom stereocenters. The summed E-state index contributed by atoms with van der Waals surface area (Å²) in [5, 5.41) is 22.8. The number of halogens is 1. The van der Waals surface area contributed by atoms with Crippen LogP contribution in [0.4, 0.5) is 0 Å². The molecule has 5 aliphatic carbocycles. The number of ether oxygens (including phenoxy) is 1. The first-order valence-corrected chi connectivity index (χ1v) is 22.0. The summed E-state index contributed by atoms with van der Waals surface area (Å²) in [5.74, 6) is -0.714. The number of esters is 1. The zero-order valence-corrected chi connectivity index (χ0v) is 36.8. The van der Waals surface area contributed by atoms with Gasteiger partial charge < -0.3 is 19.8 Å². The molecule has 0 bridgehead atoms. The lowest BCUT2D eigenvalue weighted by atomic mass is 9.33. The second-order valence-corrected chi connectivity index (χ2v) is 21.3. The third-order valence-electron chi connectivity index (χ3n) is 16.8. The number of carbonyl (C=O) groups is 3. The van der Waals surface area contributed by atoms with E-state index < -0.39 is 29.4 Å². The minimum atomic E-state index is -0.975. The first-order chi connectivity index (χ1) is 26.1. The summed E-state index contributed by atoms with van der Waals surface area (Å²) in [5.41, 5.74) is 2.75. The first kappa shape index (κ1) is 43.3. The molecule has 1 aromatic rings. The fourth-order valence-corrected chi connectivity index (χ4v) is 13.8. The summed E-state index contributed by atoms with van der Waals surface area (Å²) in [7, 11) is 4.17. The number of aliphatic carboxylic acids is 1. The number of carboxylic acid groups (broad SMARTS) is 1. The average molecular weight is 796 g/mol. The van der Waals surface area contributed by atoms with Crippen LogP contribution in [0.5, 0.6) is 0 Å². The van der Waals surface area contributed by atoms with E-state index in [2.05, 4.69) is 84.5 Å². The van der Waals surface area contributed by atoms with Gasteiger partial charge in [-0.2, -0.15) is 0 Å². The van der Waals surface area contributed by atoms with Gasteiger partial charge in [0.05, 0.1) is 18.4 Å². The Morgan fingerprint density at radius 3 is 2.20 bits per heavy atom. The number of hydrogen-bond donors (Lipinski definition) is 2. The Kier molecular flexibility index (Phi) is 12.2. The van der Waals surface area contributed by atoms with Crippen molar-refractivity contribution in [3.05, 3.63) is 46.0 Å². The molecular weight excluding hydrogens is 724 g/mol. The number of likely N-dealkylation sites (N-methyl/N-ethyl adjacent to an activating group) is 1. The Labute approximate surface area is 342 Å². The molecular formula is C47H71ClN2O6. The van der Waals surface area contributed by atoms with Gasteiger partial charge in [-0.15, -0.1) is 0 Å². The van der Waals surface area contributed by atoms with Crippen molar-refractivity contribution < 1.29 is 29.3 Å². The number of benzene rings is 1. The Bertz CT molecular complexity index is 1690. The maximum atomic E-state index is 14.3. The maximum absolute atomic E-state index is 14.3. The summed E-state index contributed by atoms with van der Waals surface area (Å²) in [6.45, 7) is 21.0. The molecule has 1 aromatic carbocycles. The maximum Gasteiger partial charge on any atom is 0.306 e. The lowest BCUT2D eigenvalue weighted by molar-refractivity contribution is -0.235. The van der Waals surface area contributed by atoms with Crippen LogP contribution in [0.2, 0.25) is 5.02 Å². The SMILES string of the molecule is CC(C)C1=C2[C@H]3CC[C@@H]4[C@@]5(C)CC[C@H](OC(=O)C[C@H](C)C(=O)O)C(C)(C)[C@@H]5CC[C@@]4(C)[C@]3(C)CCC2(C(O)CN(CCN(C)C)Cc2ccc(Cl)cc2)CC1=O. The van der Waals surface area contributed by atoms with Crippen molar-refractivity contribution >= 4 is 29.3 Å². The molecule has 0 aliphatic heterocycles. The van der Waals surface area contributed by atoms with Crippen molar-refractivity contribution in [1.82, 2.24) is 9.80 Å². The van der Waals surface area contributed by atoms with E-state index in [1.54, 1.807) is 6.92 Å². The largest absolute Gasteiger partial charge is 0.481 e. The van der Waals surface area contributed by atoms with Gasteiger partial charge in [-0.25, -0.2) is 0 Å². The molecule has 312 valence electrons. The average Bonchev–Trinajstić information content (AvgIpc) is 3.43. The summed E-state index contributed by atoms with van der Waals surface area (Å²) in [6.07, 6.45) is 7.22. The summed E-state index contributed by atoms with van der Waals surface area (Å²) >= 11 is 6.24. The number of aliphatic hydroxyl groups excluding tert-OH is 1. The Morgan fingerprint density at radius 1 is 0.893 bits per heavy atom. The van der Waals surface area contributed by atoms with Gasteiger partial charge >= 0.3 is 11.9 Å². The van der Waals surface area contributed by atoms with Crippen molar-refractivity contribution in [2.24, 2.45) is 56.7 Å². The third kappa shape index (κ3) is 7.34. The highest BCUT2D eigenvalue weighted by Crippen LogP contribution is 2.77. The number of Topliss-reactive ketones (excluding diaryl/α,β-unsaturated/α-hetero) is 1. The van der Waals surface area contributed by atoms with Gasteiger partial charge in [0.2, 0.25) is 0 Å². The monoisotopic (exact) mass is 795 g/mol. The molecule has 8 nitrogen and oxygen atoms in total. The van der Waals surface area contributed by atoms with Crippen LogP contribution >= 0.6 is 11.6 Å². The van der Waals surface area contributed by atoms with Gasteiger partial charge in [-0.3, -0.25) is 19.3 Å². The molecule has 0 radical (unpaired) electrons. The number of ketones is 1. The number of carboxylic acids is 1. The number of nitrogens with zero attached hydrogens (tertiary/aromatic N) is 2. The lowest BCUT2D eigenvalue weighted by Crippen LogP contribution is -2.66. The second-order valence-electron chi connectivity index (χ2n) is 20.8. The van der Waals surface area contributed by atoms with Crippen molar-refractivity contribution in [1.29, 1.82) is 0 Å². The smallest absolute Gasteiger partial charge is 0.306 e. The second kappa shape index (κ2) is 15.7. The molecule has 56 heavy (non-hydrogen) atoms. The highest BCUT2D eigenvalue weighted by molar-refractivity contribution is 6.30. The van der Waals surface area contributed by atoms with Gasteiger partial charge in [-0.05, 0) is 129 Å². The van der Waals surface area contributed by atoms with E-state index in [-0.39, 0.29) is 51.8 Å². The molecule has 2 unspecified atom stereocenters. The van der Waals surface area contributed by atoms with E-state index >= 15 is 0 Å². The van der Waals surface area contributed by atoms with Crippen molar-refractivity contribution in [2.45, 2.75) is 138 Å². The van der Waals surface area contributed by atoms with Crippen molar-refractivity contribution in [3.8, 4) is 0 Å². The van der Waals surface area contributed by atoms with Crippen LogP contribution in [0.25, 0.3) is 0 Å². The first-order valence-electron chi connectivity index (χ1n) is 21.6. The number of carbonyl (C=O) groups excluding carboxylic acids is 2. The Hall–Kier alpha value is -2.26. The van der Waals surface area contributed by atoms with Crippen LogP contribution in [-0.4, -0.2) is 83.7 Å². The normalized spacial score (nSPS) is 36.2. The molecule has 0 heterocycles. The minimum Gasteiger partial charge on any atom is -0.481 e. The highest BCUT2D eigenvalue weighted by Gasteiger charge is 2.70. The predicted octanol–water partition coefficient (Wildman–Crippen LogP) is 9.07. The van der Waals surface area contributed by atoms with E-state index in [9.17, 15) is 24.6 Å². The van der Waals surface area contributed by atoms with Crippen LogP contribution in [-0.2, 0) is 25.7 Å². The molecule has 4 fully saturated rings. The highest BCUT2D eigenvalue weighted by atomic mass is 35.5. The Balaban J connectivity index is 1.29. The molecule has 0 amide bonds. The van der Waals surface area contributed by atoms with Gasteiger partial charge in [0, 0.05) is 48.5 Å². The molecule has 6 rings (SSSR count). The van der Waals surface area contributed by atoms with E-state index in [4.69, 9.17) is 16.3 Å². The zero-order valence-electron chi connectivity index (χ0n) is 36.1. The van der Waals surface area contributed by atoms with E-state index in [1.807, 2.05) is 12.1 Å². The topological polar surface area (TPSA) is 107 Å². The molecule has 0 saturated heterocycles. The number of fused-ring (bicyclic) bond motifs is 7. The fourth-order valence-electron chi connectivity index (χ4n) is 13.7. The van der Waals surface area contributed by atoms with Gasteiger partial charge in [0.25, 0.3) is 0 Å². The number of allylic oxidation sites excluding steroid dienone is 1. The standard InChI is InChI=1S/C47H71ClN2O6/c1-29(2)40-34(51)26-47(37(52)28-50(24-23-49(9)10)27-31-11-13-32(48)14-12-31)22-21-45(7)33(41(40)47)15-16-36-44(6)19-18-38(56-39(53)25-30(3)42(54)55)43(4,5)35(44)17-20-46(36,45)8/h11-14,29-30,33,35-38,52H,15-28H2,1-10H3,(H,54,55)/t30-,33+,35-,36+,37?,38-,44-,45+,46+,47?/m0/s1. The quantitative estimate of drug-likeness (QED) is 0.191. The predicted molar refractivity (Wildman–Crippen MR) is 222 cm³/mol. The van der Waals surface area contributed by atoms with Crippen LogP contribution in [0.1, 0.15) is 125 Å². The third-order valence-corrected chi connectivity index (χ3v) is 17.1. The molecule has 2 N–H and O–H groups in total. The van der Waals surface area contributed by atoms with Crippen LogP contribution in [0.3, 0.4) is 0 Å². The minimum absolute atomic E-state index is 0.0262. The Morgan fingerprint density at radius 2 is 1.57 bits per heavy atom. The summed E-state index contributed by atoms with van der Waals surface area (Å²) in [4.78, 5) is 43.3. The van der Waals surface area contributed by atoms with Gasteiger partial charge in [0.15, 0.2) is 5.78 Å².